The molecular weight excluding hydrogens is 382 g/mol. The third-order valence-electron chi connectivity index (χ3n) is 3.86. The van der Waals surface area contributed by atoms with E-state index in [4.69, 9.17) is 0 Å². The van der Waals surface area contributed by atoms with E-state index in [-0.39, 0.29) is 10.8 Å². The van der Waals surface area contributed by atoms with Crippen molar-refractivity contribution < 1.29 is 13.2 Å². The van der Waals surface area contributed by atoms with Gasteiger partial charge in [0.1, 0.15) is 0 Å². The first kappa shape index (κ1) is 19.1. The van der Waals surface area contributed by atoms with Gasteiger partial charge < -0.3 is 5.32 Å². The van der Waals surface area contributed by atoms with Crippen LogP contribution in [0, 0.1) is 6.92 Å². The fourth-order valence-corrected chi connectivity index (χ4v) is 4.19. The fourth-order valence-electron chi connectivity index (χ4n) is 2.40. The van der Waals surface area contributed by atoms with E-state index in [2.05, 4.69) is 15.0 Å². The lowest BCUT2D eigenvalue weighted by Gasteiger charge is -2.08. The van der Waals surface area contributed by atoms with Crippen LogP contribution in [0.1, 0.15) is 17.5 Å². The van der Waals surface area contributed by atoms with Gasteiger partial charge in [0.15, 0.2) is 5.13 Å². The summed E-state index contributed by atoms with van der Waals surface area (Å²) < 4.78 is 27.0. The van der Waals surface area contributed by atoms with E-state index in [1.807, 2.05) is 31.2 Å². The molecule has 6 nitrogen and oxygen atoms in total. The highest BCUT2D eigenvalue weighted by Crippen LogP contribution is 2.19. The van der Waals surface area contributed by atoms with Gasteiger partial charge >= 0.3 is 0 Å². The van der Waals surface area contributed by atoms with Crippen LogP contribution in [0.25, 0.3) is 0 Å². The molecule has 1 amide bonds. The second-order valence-corrected chi connectivity index (χ2v) is 8.58. The number of nitrogens with one attached hydrogen (secondary N) is 2. The van der Waals surface area contributed by atoms with E-state index < -0.39 is 10.0 Å². The molecule has 1 aromatic heterocycles. The molecule has 0 fully saturated rings. The van der Waals surface area contributed by atoms with Crippen LogP contribution in [0.4, 0.5) is 10.8 Å². The van der Waals surface area contributed by atoms with Gasteiger partial charge in [-0.05, 0) is 43.2 Å². The predicted octanol–water partition coefficient (Wildman–Crippen LogP) is 3.82. The van der Waals surface area contributed by atoms with Crippen molar-refractivity contribution in [3.05, 3.63) is 71.2 Å². The Bertz CT molecular complexity index is 997. The summed E-state index contributed by atoms with van der Waals surface area (Å²) in [6.45, 7) is 2.02. The number of nitrogens with zero attached hydrogens (tertiary/aromatic N) is 1. The summed E-state index contributed by atoms with van der Waals surface area (Å²) in [5.41, 5.74) is 2.84. The Hall–Kier alpha value is -2.71. The molecule has 3 rings (SSSR count). The van der Waals surface area contributed by atoms with Gasteiger partial charge in [0, 0.05) is 23.7 Å². The normalized spacial score (nSPS) is 11.1. The molecule has 2 N–H and O–H groups in total. The van der Waals surface area contributed by atoms with Gasteiger partial charge in [0.05, 0.1) is 4.90 Å². The molecule has 8 heteroatoms. The zero-order chi connectivity index (χ0) is 19.3. The number of rotatable bonds is 7. The number of sulfonamides is 1. The van der Waals surface area contributed by atoms with E-state index in [1.165, 1.54) is 35.2 Å². The standard InChI is InChI=1S/C19H19N3O3S2/c1-14-2-4-15(5-3-14)6-11-18(23)21-16-7-9-17(10-8-16)27(24,25)22-19-20-12-13-26-19/h2-5,7-10,12-13H,6,11H2,1H3,(H,20,22)(H,21,23). The van der Waals surface area contributed by atoms with E-state index in [9.17, 15) is 13.2 Å². The van der Waals surface area contributed by atoms with Crippen molar-refractivity contribution in [3.63, 3.8) is 0 Å². The van der Waals surface area contributed by atoms with E-state index in [1.54, 1.807) is 17.5 Å². The molecular formula is C19H19N3O3S2. The summed E-state index contributed by atoms with van der Waals surface area (Å²) in [5, 5.41) is 4.78. The van der Waals surface area contributed by atoms with Crippen molar-refractivity contribution in [2.24, 2.45) is 0 Å². The third-order valence-corrected chi connectivity index (χ3v) is 6.04. The van der Waals surface area contributed by atoms with Crippen LogP contribution in [0.3, 0.4) is 0 Å². The Morgan fingerprint density at radius 3 is 2.41 bits per heavy atom. The number of carbonyl (C=O) groups excluding carboxylic acids is 1. The zero-order valence-electron chi connectivity index (χ0n) is 14.7. The van der Waals surface area contributed by atoms with Crippen LogP contribution in [0.15, 0.2) is 65.0 Å². The molecule has 27 heavy (non-hydrogen) atoms. The molecule has 0 atom stereocenters. The molecule has 0 bridgehead atoms. The van der Waals surface area contributed by atoms with Gasteiger partial charge in [-0.3, -0.25) is 9.52 Å². The van der Waals surface area contributed by atoms with Crippen molar-refractivity contribution >= 4 is 38.1 Å². The third kappa shape index (κ3) is 5.38. The van der Waals surface area contributed by atoms with Crippen LogP contribution in [-0.2, 0) is 21.2 Å². The van der Waals surface area contributed by atoms with Gasteiger partial charge in [0.2, 0.25) is 5.91 Å². The highest BCUT2D eigenvalue weighted by Gasteiger charge is 2.15. The molecule has 0 saturated heterocycles. The van der Waals surface area contributed by atoms with E-state index >= 15 is 0 Å². The summed E-state index contributed by atoms with van der Waals surface area (Å²) >= 11 is 1.20. The van der Waals surface area contributed by atoms with Gasteiger partial charge in [-0.2, -0.15) is 0 Å². The molecule has 2 aromatic carbocycles. The summed E-state index contributed by atoms with van der Waals surface area (Å²) in [6.07, 6.45) is 2.53. The summed E-state index contributed by atoms with van der Waals surface area (Å²) in [5.74, 6) is -0.118. The minimum absolute atomic E-state index is 0.107. The first-order chi connectivity index (χ1) is 12.9. The highest BCUT2D eigenvalue weighted by atomic mass is 32.2. The number of hydrogen-bond acceptors (Lipinski definition) is 5. The Balaban J connectivity index is 1.56. The van der Waals surface area contributed by atoms with E-state index in [0.29, 0.717) is 23.7 Å². The number of thiazole rings is 1. The smallest absolute Gasteiger partial charge is 0.263 e. The molecule has 0 radical (unpaired) electrons. The van der Waals surface area contributed by atoms with Gasteiger partial charge in [-0.1, -0.05) is 29.8 Å². The maximum atomic E-state index is 12.3. The first-order valence-electron chi connectivity index (χ1n) is 8.30. The van der Waals surface area contributed by atoms with Crippen molar-refractivity contribution in [1.29, 1.82) is 0 Å². The molecule has 1 heterocycles. The minimum atomic E-state index is -3.69. The minimum Gasteiger partial charge on any atom is -0.326 e. The highest BCUT2D eigenvalue weighted by molar-refractivity contribution is 7.93. The summed E-state index contributed by atoms with van der Waals surface area (Å²) in [6, 6.07) is 14.1. The Kier molecular flexibility index (Phi) is 5.88. The molecule has 0 aliphatic heterocycles. The molecule has 0 spiro atoms. The number of amides is 1. The number of aryl methyl sites for hydroxylation is 2. The van der Waals surface area contributed by atoms with Crippen molar-refractivity contribution in [1.82, 2.24) is 4.98 Å². The summed E-state index contributed by atoms with van der Waals surface area (Å²) in [4.78, 5) is 16.1. The second kappa shape index (κ2) is 8.32. The summed E-state index contributed by atoms with van der Waals surface area (Å²) in [7, 11) is -3.69. The Labute approximate surface area is 162 Å². The molecule has 0 aliphatic carbocycles. The zero-order valence-corrected chi connectivity index (χ0v) is 16.3. The van der Waals surface area contributed by atoms with Crippen LogP contribution >= 0.6 is 11.3 Å². The lowest BCUT2D eigenvalue weighted by atomic mass is 10.1. The lowest BCUT2D eigenvalue weighted by Crippen LogP contribution is -2.14. The van der Waals surface area contributed by atoms with Crippen LogP contribution in [0.5, 0.6) is 0 Å². The van der Waals surface area contributed by atoms with Gasteiger partial charge in [-0.25, -0.2) is 13.4 Å². The number of benzene rings is 2. The van der Waals surface area contributed by atoms with Crippen LogP contribution < -0.4 is 10.0 Å². The maximum absolute atomic E-state index is 12.3. The monoisotopic (exact) mass is 401 g/mol. The number of aromatic nitrogens is 1. The van der Waals surface area contributed by atoms with Crippen molar-refractivity contribution in [2.75, 3.05) is 10.0 Å². The fraction of sp³-hybridized carbons (Fsp3) is 0.158. The lowest BCUT2D eigenvalue weighted by molar-refractivity contribution is -0.116. The maximum Gasteiger partial charge on any atom is 0.263 e. The van der Waals surface area contributed by atoms with Crippen LogP contribution in [-0.4, -0.2) is 19.3 Å². The van der Waals surface area contributed by atoms with Crippen molar-refractivity contribution in [2.45, 2.75) is 24.7 Å². The molecule has 0 saturated carbocycles. The molecule has 0 unspecified atom stereocenters. The molecule has 140 valence electrons. The SMILES string of the molecule is Cc1ccc(CCC(=O)Nc2ccc(S(=O)(=O)Nc3nccs3)cc2)cc1. The topological polar surface area (TPSA) is 88.2 Å². The second-order valence-electron chi connectivity index (χ2n) is 6.00. The molecule has 0 aliphatic rings. The average molecular weight is 402 g/mol. The Morgan fingerprint density at radius 1 is 1.07 bits per heavy atom. The van der Waals surface area contributed by atoms with E-state index in [0.717, 1.165) is 5.56 Å². The van der Waals surface area contributed by atoms with Gasteiger partial charge in [0.25, 0.3) is 10.0 Å². The quantitative estimate of drug-likeness (QED) is 0.630. The van der Waals surface area contributed by atoms with Crippen molar-refractivity contribution in [3.8, 4) is 0 Å². The average Bonchev–Trinajstić information content (AvgIpc) is 3.14. The first-order valence-corrected chi connectivity index (χ1v) is 10.7. The Morgan fingerprint density at radius 2 is 1.78 bits per heavy atom. The number of anilines is 2. The predicted molar refractivity (Wildman–Crippen MR) is 107 cm³/mol. The molecule has 3 aromatic rings. The largest absolute Gasteiger partial charge is 0.326 e. The van der Waals surface area contributed by atoms with Crippen LogP contribution in [0.2, 0.25) is 0 Å². The number of carbonyl (C=O) groups is 1. The van der Waals surface area contributed by atoms with Gasteiger partial charge in [-0.15, -0.1) is 11.3 Å². The number of hydrogen-bond donors (Lipinski definition) is 2.